The first-order valence-electron chi connectivity index (χ1n) is 10.7. The molecule has 0 spiro atoms. The summed E-state index contributed by atoms with van der Waals surface area (Å²) in [6.07, 6.45) is 0.847. The Labute approximate surface area is 196 Å². The first-order chi connectivity index (χ1) is 16.0. The van der Waals surface area contributed by atoms with Crippen molar-refractivity contribution in [2.24, 2.45) is 0 Å². The summed E-state index contributed by atoms with van der Waals surface area (Å²) in [5, 5.41) is 13.2. The van der Waals surface area contributed by atoms with Gasteiger partial charge in [-0.15, -0.1) is 11.3 Å². The van der Waals surface area contributed by atoms with Crippen LogP contribution >= 0.6 is 11.3 Å². The number of aliphatic hydroxyl groups excluding tert-OH is 1. The van der Waals surface area contributed by atoms with Crippen LogP contribution in [0.4, 0.5) is 0 Å². The smallest absolute Gasteiger partial charge is 0.295 e. The maximum atomic E-state index is 13.2. The molecule has 1 atom stereocenters. The number of carbonyl (C=O) groups excluding carboxylic acids is 2. The van der Waals surface area contributed by atoms with E-state index in [1.54, 1.807) is 49.6 Å². The molecule has 7 heteroatoms. The second-order valence-corrected chi connectivity index (χ2v) is 8.69. The van der Waals surface area contributed by atoms with Crippen LogP contribution < -0.4 is 9.47 Å². The molecule has 1 aliphatic rings. The Balaban J connectivity index is 1.83. The van der Waals surface area contributed by atoms with E-state index in [1.165, 1.54) is 16.2 Å². The van der Waals surface area contributed by atoms with Gasteiger partial charge in [-0.25, -0.2) is 0 Å². The molecule has 170 valence electrons. The Bertz CT molecular complexity index is 1180. The molecule has 33 heavy (non-hydrogen) atoms. The lowest BCUT2D eigenvalue weighted by molar-refractivity contribution is -0.140. The van der Waals surface area contributed by atoms with E-state index in [0.717, 1.165) is 11.3 Å². The molecule has 2 aromatic carbocycles. The van der Waals surface area contributed by atoms with Gasteiger partial charge in [-0.05, 0) is 47.7 Å². The van der Waals surface area contributed by atoms with Gasteiger partial charge in [0.2, 0.25) is 0 Å². The van der Waals surface area contributed by atoms with Crippen LogP contribution in [0.3, 0.4) is 0 Å². The van der Waals surface area contributed by atoms with Crippen molar-refractivity contribution in [2.45, 2.75) is 25.9 Å². The van der Waals surface area contributed by atoms with E-state index in [0.29, 0.717) is 29.2 Å². The number of hydrogen-bond acceptors (Lipinski definition) is 6. The van der Waals surface area contributed by atoms with E-state index < -0.39 is 17.7 Å². The summed E-state index contributed by atoms with van der Waals surface area (Å²) in [6, 6.07) is 17.2. The van der Waals surface area contributed by atoms with Gasteiger partial charge >= 0.3 is 0 Å². The second-order valence-electron chi connectivity index (χ2n) is 7.66. The van der Waals surface area contributed by atoms with Gasteiger partial charge in [-0.3, -0.25) is 9.59 Å². The first kappa shape index (κ1) is 22.6. The minimum atomic E-state index is -0.748. The number of likely N-dealkylation sites (tertiary alicyclic amines) is 1. The van der Waals surface area contributed by atoms with Crippen LogP contribution in [0.25, 0.3) is 5.76 Å². The third-order valence-corrected chi connectivity index (χ3v) is 6.30. The summed E-state index contributed by atoms with van der Waals surface area (Å²) in [5.74, 6) is -0.388. The van der Waals surface area contributed by atoms with Crippen molar-refractivity contribution in [1.29, 1.82) is 0 Å². The van der Waals surface area contributed by atoms with Crippen LogP contribution in [0.2, 0.25) is 0 Å². The van der Waals surface area contributed by atoms with Crippen LogP contribution in [0, 0.1) is 0 Å². The highest BCUT2D eigenvalue weighted by Crippen LogP contribution is 2.41. The topological polar surface area (TPSA) is 76.1 Å². The van der Waals surface area contributed by atoms with Crippen molar-refractivity contribution < 1.29 is 24.2 Å². The van der Waals surface area contributed by atoms with Gasteiger partial charge in [-0.1, -0.05) is 37.3 Å². The van der Waals surface area contributed by atoms with Crippen LogP contribution in [0.5, 0.6) is 11.5 Å². The predicted molar refractivity (Wildman–Crippen MR) is 127 cm³/mol. The van der Waals surface area contributed by atoms with Gasteiger partial charge in [0.1, 0.15) is 17.3 Å². The minimum Gasteiger partial charge on any atom is -0.507 e. The summed E-state index contributed by atoms with van der Waals surface area (Å²) >= 11 is 1.51. The summed E-state index contributed by atoms with van der Waals surface area (Å²) in [7, 11) is 1.56. The number of benzene rings is 2. The summed E-state index contributed by atoms with van der Waals surface area (Å²) < 4.78 is 11.0. The Hall–Kier alpha value is -3.58. The maximum absolute atomic E-state index is 13.2. The molecule has 6 nitrogen and oxygen atoms in total. The summed E-state index contributed by atoms with van der Waals surface area (Å²) in [4.78, 5) is 28.7. The fourth-order valence-electron chi connectivity index (χ4n) is 3.88. The molecule has 1 aliphatic heterocycles. The van der Waals surface area contributed by atoms with Crippen molar-refractivity contribution in [3.8, 4) is 11.5 Å². The molecule has 4 rings (SSSR count). The van der Waals surface area contributed by atoms with Crippen LogP contribution in [-0.2, 0) is 16.1 Å². The molecule has 1 fully saturated rings. The molecule has 3 aromatic rings. The van der Waals surface area contributed by atoms with Crippen molar-refractivity contribution in [2.75, 3.05) is 13.7 Å². The van der Waals surface area contributed by atoms with E-state index in [9.17, 15) is 14.7 Å². The average Bonchev–Trinajstić information content (AvgIpc) is 3.45. The minimum absolute atomic E-state index is 0.0532. The average molecular weight is 464 g/mol. The zero-order valence-corrected chi connectivity index (χ0v) is 19.3. The van der Waals surface area contributed by atoms with Crippen molar-refractivity contribution >= 4 is 28.8 Å². The number of carbonyl (C=O) groups is 2. The van der Waals surface area contributed by atoms with Gasteiger partial charge in [-0.2, -0.15) is 0 Å². The lowest BCUT2D eigenvalue weighted by Gasteiger charge is -2.25. The molecule has 1 saturated heterocycles. The van der Waals surface area contributed by atoms with Gasteiger partial charge < -0.3 is 19.5 Å². The number of methoxy groups -OCH3 is 1. The van der Waals surface area contributed by atoms with E-state index in [-0.39, 0.29) is 17.9 Å². The highest BCUT2D eigenvalue weighted by atomic mass is 32.1. The number of nitrogens with zero attached hydrogens (tertiary/aromatic N) is 1. The van der Waals surface area contributed by atoms with Gasteiger partial charge in [0.25, 0.3) is 11.7 Å². The number of rotatable bonds is 8. The van der Waals surface area contributed by atoms with Gasteiger partial charge in [0.15, 0.2) is 0 Å². The number of hydrogen-bond donors (Lipinski definition) is 1. The van der Waals surface area contributed by atoms with E-state index in [1.807, 2.05) is 30.5 Å². The van der Waals surface area contributed by atoms with Gasteiger partial charge in [0, 0.05) is 10.4 Å². The molecule has 0 radical (unpaired) electrons. The zero-order valence-electron chi connectivity index (χ0n) is 18.5. The molecule has 2 heterocycles. The Morgan fingerprint density at radius 3 is 2.58 bits per heavy atom. The fourth-order valence-corrected chi connectivity index (χ4v) is 4.58. The molecule has 0 aliphatic carbocycles. The monoisotopic (exact) mass is 463 g/mol. The quantitative estimate of drug-likeness (QED) is 0.283. The Morgan fingerprint density at radius 1 is 1.06 bits per heavy atom. The fraction of sp³-hybridized carbons (Fsp3) is 0.231. The Morgan fingerprint density at radius 2 is 1.85 bits per heavy atom. The maximum Gasteiger partial charge on any atom is 0.295 e. The summed E-state index contributed by atoms with van der Waals surface area (Å²) in [5.41, 5.74) is 1.16. The molecule has 1 N–H and O–H groups in total. The highest BCUT2D eigenvalue weighted by Gasteiger charge is 2.46. The van der Waals surface area contributed by atoms with Crippen LogP contribution in [-0.4, -0.2) is 35.4 Å². The number of ketones is 1. The number of Topliss-reactive ketones (excluding diaryl/α,β-unsaturated/α-hetero) is 1. The lowest BCUT2D eigenvalue weighted by Crippen LogP contribution is -2.28. The molecule has 1 amide bonds. The Kier molecular flexibility index (Phi) is 6.79. The van der Waals surface area contributed by atoms with E-state index in [4.69, 9.17) is 9.47 Å². The predicted octanol–water partition coefficient (Wildman–Crippen LogP) is 5.17. The third-order valence-electron chi connectivity index (χ3n) is 5.44. The largest absolute Gasteiger partial charge is 0.507 e. The van der Waals surface area contributed by atoms with Crippen LogP contribution in [0.1, 0.15) is 35.4 Å². The van der Waals surface area contributed by atoms with Crippen molar-refractivity contribution in [1.82, 2.24) is 4.90 Å². The zero-order chi connectivity index (χ0) is 23.4. The van der Waals surface area contributed by atoms with Crippen molar-refractivity contribution in [3.63, 3.8) is 0 Å². The molecular weight excluding hydrogens is 438 g/mol. The SMILES string of the molecule is CCCOc1cccc(/C(O)=C2/C(=O)C(=O)N(Cc3cccs3)C2c2cccc(OC)c2)c1. The molecule has 0 saturated carbocycles. The summed E-state index contributed by atoms with van der Waals surface area (Å²) in [6.45, 7) is 2.81. The molecule has 0 bridgehead atoms. The third kappa shape index (κ3) is 4.64. The number of thiophene rings is 1. The lowest BCUT2D eigenvalue weighted by atomic mass is 9.95. The standard InChI is InChI=1S/C26H25NO5S/c1-3-12-32-20-10-5-8-18(15-20)24(28)22-23(17-7-4-9-19(14-17)31-2)27(26(30)25(22)29)16-21-11-6-13-33-21/h4-11,13-15,23,28H,3,12,16H2,1-2H3/b24-22-. The van der Waals surface area contributed by atoms with Gasteiger partial charge in [0.05, 0.1) is 31.9 Å². The second kappa shape index (κ2) is 9.92. The normalized spacial score (nSPS) is 17.4. The number of ether oxygens (including phenoxy) is 2. The van der Waals surface area contributed by atoms with Crippen molar-refractivity contribution in [3.05, 3.63) is 87.6 Å². The molecule has 1 aromatic heterocycles. The van der Waals surface area contributed by atoms with Crippen LogP contribution in [0.15, 0.2) is 71.6 Å². The molecule has 1 unspecified atom stereocenters. The number of aliphatic hydroxyl groups is 1. The highest BCUT2D eigenvalue weighted by molar-refractivity contribution is 7.09. The first-order valence-corrected chi connectivity index (χ1v) is 11.6. The molecular formula is C26H25NO5S. The van der Waals surface area contributed by atoms with E-state index in [2.05, 4.69) is 0 Å². The number of amides is 1. The van der Waals surface area contributed by atoms with E-state index >= 15 is 0 Å².